The number of hydrogen-bond donors (Lipinski definition) is 2. The van der Waals surface area contributed by atoms with Crippen LogP contribution in [0.5, 0.6) is 0 Å². The highest BCUT2D eigenvalue weighted by atomic mass is 32.1. The standard InChI is InChI=1S/C20H25N5O3S2/c1-4-5-8-24(15-16(21)25(10-12(2)3)20(28)23-17(15)26)19(27)13-11-30-18(22-13)14-7-6-9-29-14/h6-7,9,11-12H,4-5,8,10,21H2,1-3H3,(H,23,26,28). The van der Waals surface area contributed by atoms with Gasteiger partial charge in [-0.1, -0.05) is 33.3 Å². The summed E-state index contributed by atoms with van der Waals surface area (Å²) in [6.07, 6.45) is 1.50. The number of carbonyl (C=O) groups is 1. The topological polar surface area (TPSA) is 114 Å². The van der Waals surface area contributed by atoms with Crippen molar-refractivity contribution in [3.8, 4) is 9.88 Å². The van der Waals surface area contributed by atoms with E-state index in [4.69, 9.17) is 5.73 Å². The van der Waals surface area contributed by atoms with E-state index in [1.165, 1.54) is 20.8 Å². The van der Waals surface area contributed by atoms with Crippen molar-refractivity contribution in [2.75, 3.05) is 17.2 Å². The molecule has 0 aliphatic heterocycles. The Bertz CT molecular complexity index is 1130. The SMILES string of the molecule is CCCCN(C(=O)c1csc(-c2cccs2)n1)c1c(N)n(CC(C)C)c(=O)[nH]c1=O. The van der Waals surface area contributed by atoms with E-state index in [2.05, 4.69) is 9.97 Å². The second-order valence-corrected chi connectivity index (χ2v) is 9.13. The van der Waals surface area contributed by atoms with Gasteiger partial charge in [-0.05, 0) is 23.8 Å². The minimum atomic E-state index is -0.671. The van der Waals surface area contributed by atoms with Gasteiger partial charge in [0, 0.05) is 18.5 Å². The van der Waals surface area contributed by atoms with Crippen molar-refractivity contribution in [2.45, 2.75) is 40.2 Å². The van der Waals surface area contributed by atoms with Crippen molar-refractivity contribution in [3.63, 3.8) is 0 Å². The van der Waals surface area contributed by atoms with Crippen LogP contribution < -0.4 is 21.9 Å². The molecular formula is C20H25N5O3S2. The number of rotatable bonds is 8. The van der Waals surface area contributed by atoms with Crippen LogP contribution in [0.15, 0.2) is 32.5 Å². The predicted molar refractivity (Wildman–Crippen MR) is 123 cm³/mol. The summed E-state index contributed by atoms with van der Waals surface area (Å²) >= 11 is 2.92. The second kappa shape index (κ2) is 9.40. The highest BCUT2D eigenvalue weighted by molar-refractivity contribution is 7.20. The molecule has 10 heteroatoms. The number of aromatic amines is 1. The molecule has 30 heavy (non-hydrogen) atoms. The maximum absolute atomic E-state index is 13.3. The third-order valence-corrected chi connectivity index (χ3v) is 6.35. The summed E-state index contributed by atoms with van der Waals surface area (Å²) in [6.45, 7) is 6.52. The minimum absolute atomic E-state index is 0.000580. The molecule has 3 rings (SSSR count). The molecule has 0 atom stereocenters. The normalized spacial score (nSPS) is 11.2. The maximum Gasteiger partial charge on any atom is 0.330 e. The number of unbranched alkanes of at least 4 members (excludes halogenated alkanes) is 1. The molecule has 0 bridgehead atoms. The number of carbonyl (C=O) groups excluding carboxylic acids is 1. The van der Waals surface area contributed by atoms with Gasteiger partial charge in [-0.15, -0.1) is 22.7 Å². The highest BCUT2D eigenvalue weighted by Crippen LogP contribution is 2.29. The van der Waals surface area contributed by atoms with Gasteiger partial charge >= 0.3 is 5.69 Å². The fourth-order valence-corrected chi connectivity index (χ4v) is 4.65. The third kappa shape index (κ3) is 4.54. The number of amides is 1. The zero-order valence-electron chi connectivity index (χ0n) is 17.2. The molecule has 3 N–H and O–H groups in total. The Morgan fingerprint density at radius 1 is 1.33 bits per heavy atom. The van der Waals surface area contributed by atoms with Crippen LogP contribution in [-0.2, 0) is 6.54 Å². The van der Waals surface area contributed by atoms with Crippen LogP contribution in [0.25, 0.3) is 9.88 Å². The molecule has 0 saturated carbocycles. The first-order chi connectivity index (χ1) is 14.3. The van der Waals surface area contributed by atoms with Crippen molar-refractivity contribution in [3.05, 3.63) is 49.4 Å². The Hall–Kier alpha value is -2.72. The van der Waals surface area contributed by atoms with Crippen molar-refractivity contribution < 1.29 is 4.79 Å². The van der Waals surface area contributed by atoms with Gasteiger partial charge < -0.3 is 5.73 Å². The Labute approximate surface area is 182 Å². The lowest BCUT2D eigenvalue weighted by atomic mass is 10.2. The maximum atomic E-state index is 13.3. The zero-order valence-corrected chi connectivity index (χ0v) is 18.8. The molecule has 8 nitrogen and oxygen atoms in total. The first-order valence-electron chi connectivity index (χ1n) is 9.77. The number of nitrogens with one attached hydrogen (secondary N) is 1. The molecule has 0 unspecified atom stereocenters. The summed E-state index contributed by atoms with van der Waals surface area (Å²) in [7, 11) is 0. The van der Waals surface area contributed by atoms with Crippen LogP contribution in [-0.4, -0.2) is 27.0 Å². The predicted octanol–water partition coefficient (Wildman–Crippen LogP) is 3.41. The quantitative estimate of drug-likeness (QED) is 0.549. The number of nitrogens with two attached hydrogens (primary N) is 1. The van der Waals surface area contributed by atoms with Crippen molar-refractivity contribution in [2.24, 2.45) is 5.92 Å². The monoisotopic (exact) mass is 447 g/mol. The van der Waals surface area contributed by atoms with Crippen molar-refractivity contribution in [1.82, 2.24) is 14.5 Å². The summed E-state index contributed by atoms with van der Waals surface area (Å²) in [5.41, 5.74) is 5.24. The Morgan fingerprint density at radius 2 is 2.10 bits per heavy atom. The number of nitrogens with zero attached hydrogens (tertiary/aromatic N) is 3. The molecule has 3 heterocycles. The molecule has 0 aromatic carbocycles. The number of thiazole rings is 1. The van der Waals surface area contributed by atoms with Gasteiger partial charge in [0.15, 0.2) is 5.69 Å². The van der Waals surface area contributed by atoms with Gasteiger partial charge in [0.1, 0.15) is 16.5 Å². The molecule has 0 fully saturated rings. The average Bonchev–Trinajstić information content (AvgIpc) is 3.38. The van der Waals surface area contributed by atoms with Gasteiger partial charge in [-0.3, -0.25) is 24.0 Å². The number of H-pyrrole nitrogens is 1. The summed E-state index contributed by atoms with van der Waals surface area (Å²) in [5, 5.41) is 4.38. The summed E-state index contributed by atoms with van der Waals surface area (Å²) in [4.78, 5) is 47.4. The van der Waals surface area contributed by atoms with Crippen LogP contribution in [0.1, 0.15) is 44.1 Å². The summed E-state index contributed by atoms with van der Waals surface area (Å²) < 4.78 is 1.31. The molecule has 160 valence electrons. The fourth-order valence-electron chi connectivity index (χ4n) is 3.04. The second-order valence-electron chi connectivity index (χ2n) is 7.32. The summed E-state index contributed by atoms with van der Waals surface area (Å²) in [5.74, 6) is -0.277. The van der Waals surface area contributed by atoms with E-state index in [1.54, 1.807) is 16.7 Å². The minimum Gasteiger partial charge on any atom is -0.383 e. The van der Waals surface area contributed by atoms with E-state index >= 15 is 0 Å². The lowest BCUT2D eigenvalue weighted by Gasteiger charge is -2.24. The molecular weight excluding hydrogens is 422 g/mol. The Balaban J connectivity index is 2.05. The summed E-state index contributed by atoms with van der Waals surface area (Å²) in [6, 6.07) is 3.87. The van der Waals surface area contributed by atoms with Gasteiger partial charge in [0.2, 0.25) is 0 Å². The van der Waals surface area contributed by atoms with E-state index in [0.29, 0.717) is 19.5 Å². The third-order valence-electron chi connectivity index (χ3n) is 4.47. The van der Waals surface area contributed by atoms with E-state index in [9.17, 15) is 14.4 Å². The number of thiophene rings is 1. The molecule has 0 spiro atoms. The molecule has 0 aliphatic rings. The molecule has 3 aromatic heterocycles. The van der Waals surface area contributed by atoms with Crippen LogP contribution in [0, 0.1) is 5.92 Å². The number of aromatic nitrogens is 3. The molecule has 1 amide bonds. The first-order valence-corrected chi connectivity index (χ1v) is 11.5. The number of hydrogen-bond acceptors (Lipinski definition) is 7. The zero-order chi connectivity index (χ0) is 21.8. The van der Waals surface area contributed by atoms with Crippen LogP contribution in [0.2, 0.25) is 0 Å². The Kier molecular flexibility index (Phi) is 6.88. The van der Waals surface area contributed by atoms with Gasteiger partial charge in [0.05, 0.1) is 4.88 Å². The molecule has 0 radical (unpaired) electrons. The Morgan fingerprint density at radius 3 is 2.73 bits per heavy atom. The van der Waals surface area contributed by atoms with Gasteiger partial charge in [0.25, 0.3) is 11.5 Å². The largest absolute Gasteiger partial charge is 0.383 e. The van der Waals surface area contributed by atoms with E-state index in [-0.39, 0.29) is 23.1 Å². The lowest BCUT2D eigenvalue weighted by Crippen LogP contribution is -2.42. The fraction of sp³-hybridized carbons (Fsp3) is 0.400. The van der Waals surface area contributed by atoms with Crippen LogP contribution in [0.3, 0.4) is 0 Å². The van der Waals surface area contributed by atoms with E-state index < -0.39 is 17.2 Å². The molecule has 0 aliphatic carbocycles. The van der Waals surface area contributed by atoms with Gasteiger partial charge in [-0.25, -0.2) is 9.78 Å². The smallest absolute Gasteiger partial charge is 0.330 e. The molecule has 0 saturated heterocycles. The number of anilines is 2. The van der Waals surface area contributed by atoms with Crippen molar-refractivity contribution >= 4 is 40.1 Å². The van der Waals surface area contributed by atoms with E-state index in [0.717, 1.165) is 16.3 Å². The van der Waals surface area contributed by atoms with E-state index in [1.807, 2.05) is 38.3 Å². The van der Waals surface area contributed by atoms with Crippen molar-refractivity contribution in [1.29, 1.82) is 0 Å². The number of nitrogen functional groups attached to an aromatic ring is 1. The highest BCUT2D eigenvalue weighted by Gasteiger charge is 2.27. The molecule has 3 aromatic rings. The first kappa shape index (κ1) is 22.0. The average molecular weight is 448 g/mol. The van der Waals surface area contributed by atoms with Crippen LogP contribution >= 0.6 is 22.7 Å². The lowest BCUT2D eigenvalue weighted by molar-refractivity contribution is 0.0982. The van der Waals surface area contributed by atoms with Crippen LogP contribution in [0.4, 0.5) is 11.5 Å². The van der Waals surface area contributed by atoms with Gasteiger partial charge in [-0.2, -0.15) is 0 Å².